The Morgan fingerprint density at radius 2 is 2.19 bits per heavy atom. The molecule has 1 aromatic heterocycles. The van der Waals surface area contributed by atoms with Crippen LogP contribution in [0.25, 0.3) is 0 Å². The number of amides is 1. The largest absolute Gasteiger partial charge is 0.483 e. The normalized spacial score (nSPS) is 10.2. The molecule has 2 aromatic rings. The number of nitrogens with one attached hydrogen (secondary N) is 1. The molecule has 9 heteroatoms. The van der Waals surface area contributed by atoms with Gasteiger partial charge in [-0.3, -0.25) is 20.2 Å². The van der Waals surface area contributed by atoms with Crippen molar-refractivity contribution in [3.8, 4) is 5.75 Å². The van der Waals surface area contributed by atoms with E-state index >= 15 is 0 Å². The van der Waals surface area contributed by atoms with Gasteiger partial charge in [-0.25, -0.2) is 0 Å². The van der Waals surface area contributed by atoms with Crippen LogP contribution in [0, 0.1) is 24.0 Å². The summed E-state index contributed by atoms with van der Waals surface area (Å²) in [6.07, 6.45) is 0. The molecule has 0 aliphatic rings. The van der Waals surface area contributed by atoms with Crippen molar-refractivity contribution in [2.24, 2.45) is 0 Å². The first-order valence-electron chi connectivity index (χ1n) is 5.93. The van der Waals surface area contributed by atoms with Gasteiger partial charge < -0.3 is 4.74 Å². The van der Waals surface area contributed by atoms with Gasteiger partial charge >= 0.3 is 0 Å². The first kappa shape index (κ1) is 14.9. The van der Waals surface area contributed by atoms with Crippen LogP contribution in [0.1, 0.15) is 10.6 Å². The highest BCUT2D eigenvalue weighted by Crippen LogP contribution is 2.23. The lowest BCUT2D eigenvalue weighted by Crippen LogP contribution is -2.20. The van der Waals surface area contributed by atoms with E-state index in [1.54, 1.807) is 13.8 Å². The van der Waals surface area contributed by atoms with Gasteiger partial charge in [-0.2, -0.15) is 0 Å². The predicted octanol–water partition coefficient (Wildman–Crippen LogP) is 2.08. The fourth-order valence-electron chi connectivity index (χ4n) is 1.55. The number of nitro benzene ring substituents is 1. The number of nitro groups is 1. The van der Waals surface area contributed by atoms with E-state index in [-0.39, 0.29) is 18.2 Å². The zero-order chi connectivity index (χ0) is 15.4. The SMILES string of the molecule is Cc1nnc(NC(=O)COc2ccc([N+](=O)[O-])cc2C)s1. The fraction of sp³-hybridized carbons (Fsp3) is 0.250. The summed E-state index contributed by atoms with van der Waals surface area (Å²) in [6, 6.07) is 4.19. The number of nitrogens with zero attached hydrogens (tertiary/aromatic N) is 3. The second kappa shape index (κ2) is 6.27. The van der Waals surface area contributed by atoms with E-state index in [4.69, 9.17) is 4.74 Å². The minimum atomic E-state index is -0.485. The van der Waals surface area contributed by atoms with Gasteiger partial charge in [0.2, 0.25) is 5.13 Å². The molecule has 0 aliphatic carbocycles. The highest BCUT2D eigenvalue weighted by atomic mass is 32.1. The Balaban J connectivity index is 1.93. The summed E-state index contributed by atoms with van der Waals surface area (Å²) in [6.45, 7) is 3.25. The van der Waals surface area contributed by atoms with Crippen molar-refractivity contribution >= 4 is 28.1 Å². The van der Waals surface area contributed by atoms with Crippen LogP contribution < -0.4 is 10.1 Å². The summed E-state index contributed by atoms with van der Waals surface area (Å²) in [5.74, 6) is 0.0492. The van der Waals surface area contributed by atoms with E-state index in [1.165, 1.54) is 29.5 Å². The highest BCUT2D eigenvalue weighted by molar-refractivity contribution is 7.15. The Hall–Kier alpha value is -2.55. The van der Waals surface area contributed by atoms with Gasteiger partial charge in [-0.05, 0) is 25.5 Å². The molecule has 2 rings (SSSR count). The van der Waals surface area contributed by atoms with Gasteiger partial charge in [0.1, 0.15) is 10.8 Å². The monoisotopic (exact) mass is 308 g/mol. The third-order valence-corrected chi connectivity index (χ3v) is 3.25. The molecular formula is C12H12N4O4S. The van der Waals surface area contributed by atoms with Crippen LogP contribution in [-0.4, -0.2) is 27.6 Å². The molecule has 0 radical (unpaired) electrons. The lowest BCUT2D eigenvalue weighted by Gasteiger charge is -2.08. The molecule has 1 heterocycles. The molecule has 21 heavy (non-hydrogen) atoms. The molecule has 0 saturated heterocycles. The van der Waals surface area contributed by atoms with Crippen molar-refractivity contribution in [2.75, 3.05) is 11.9 Å². The van der Waals surface area contributed by atoms with Gasteiger partial charge in [0, 0.05) is 12.1 Å². The molecule has 110 valence electrons. The van der Waals surface area contributed by atoms with E-state index in [1.807, 2.05) is 0 Å². The number of aryl methyl sites for hydroxylation is 2. The molecule has 0 atom stereocenters. The Morgan fingerprint density at radius 1 is 1.43 bits per heavy atom. The molecular weight excluding hydrogens is 296 g/mol. The van der Waals surface area contributed by atoms with Crippen LogP contribution in [0.4, 0.5) is 10.8 Å². The maximum Gasteiger partial charge on any atom is 0.269 e. The molecule has 0 saturated carbocycles. The molecule has 1 N–H and O–H groups in total. The van der Waals surface area contributed by atoms with E-state index in [9.17, 15) is 14.9 Å². The first-order chi connectivity index (χ1) is 9.95. The number of hydrogen-bond donors (Lipinski definition) is 1. The van der Waals surface area contributed by atoms with Gasteiger partial charge in [0.25, 0.3) is 11.6 Å². The fourth-order valence-corrected chi connectivity index (χ4v) is 2.16. The summed E-state index contributed by atoms with van der Waals surface area (Å²) in [5, 5.41) is 21.9. The van der Waals surface area contributed by atoms with E-state index in [2.05, 4.69) is 15.5 Å². The Labute approximate surface area is 123 Å². The number of aromatic nitrogens is 2. The van der Waals surface area contributed by atoms with Crippen molar-refractivity contribution in [1.29, 1.82) is 0 Å². The van der Waals surface area contributed by atoms with E-state index in [0.717, 1.165) is 5.01 Å². The lowest BCUT2D eigenvalue weighted by molar-refractivity contribution is -0.384. The number of rotatable bonds is 5. The van der Waals surface area contributed by atoms with Gasteiger partial charge in [-0.1, -0.05) is 11.3 Å². The summed E-state index contributed by atoms with van der Waals surface area (Å²) >= 11 is 1.26. The highest BCUT2D eigenvalue weighted by Gasteiger charge is 2.11. The van der Waals surface area contributed by atoms with Crippen molar-refractivity contribution in [3.05, 3.63) is 38.9 Å². The Bertz CT molecular complexity index is 686. The summed E-state index contributed by atoms with van der Waals surface area (Å²) in [4.78, 5) is 21.8. The standard InChI is InChI=1S/C12H12N4O4S/c1-7-5-9(16(18)19)3-4-10(7)20-6-11(17)13-12-15-14-8(2)21-12/h3-5H,6H2,1-2H3,(H,13,15,17). The predicted molar refractivity (Wildman–Crippen MR) is 76.6 cm³/mol. The number of carbonyl (C=O) groups excluding carboxylic acids is 1. The van der Waals surface area contributed by atoms with Crippen molar-refractivity contribution in [3.63, 3.8) is 0 Å². The topological polar surface area (TPSA) is 107 Å². The number of benzene rings is 1. The smallest absolute Gasteiger partial charge is 0.269 e. The second-order valence-electron chi connectivity index (χ2n) is 4.17. The van der Waals surface area contributed by atoms with Crippen molar-refractivity contribution < 1.29 is 14.5 Å². The second-order valence-corrected chi connectivity index (χ2v) is 5.35. The number of hydrogen-bond acceptors (Lipinski definition) is 7. The minimum absolute atomic E-state index is 0.0198. The average Bonchev–Trinajstić information content (AvgIpc) is 2.82. The number of non-ortho nitro benzene ring substituents is 1. The number of ether oxygens (including phenoxy) is 1. The molecule has 0 bridgehead atoms. The maximum atomic E-state index is 11.7. The van der Waals surface area contributed by atoms with E-state index < -0.39 is 4.92 Å². The van der Waals surface area contributed by atoms with Crippen LogP contribution in [0.5, 0.6) is 5.75 Å². The van der Waals surface area contributed by atoms with Crippen LogP contribution in [-0.2, 0) is 4.79 Å². The summed E-state index contributed by atoms with van der Waals surface area (Å²) < 4.78 is 5.33. The third-order valence-electron chi connectivity index (χ3n) is 2.50. The van der Waals surface area contributed by atoms with E-state index in [0.29, 0.717) is 16.4 Å². The number of anilines is 1. The zero-order valence-corrected chi connectivity index (χ0v) is 12.1. The Morgan fingerprint density at radius 3 is 2.76 bits per heavy atom. The van der Waals surface area contributed by atoms with Crippen molar-refractivity contribution in [2.45, 2.75) is 13.8 Å². The van der Waals surface area contributed by atoms with Gasteiger partial charge in [0.15, 0.2) is 6.61 Å². The van der Waals surface area contributed by atoms with Crippen LogP contribution in [0.3, 0.4) is 0 Å². The third kappa shape index (κ3) is 3.96. The van der Waals surface area contributed by atoms with Crippen LogP contribution in [0.15, 0.2) is 18.2 Å². The first-order valence-corrected chi connectivity index (χ1v) is 6.75. The zero-order valence-electron chi connectivity index (χ0n) is 11.3. The van der Waals surface area contributed by atoms with Gasteiger partial charge in [-0.15, -0.1) is 10.2 Å². The summed E-state index contributed by atoms with van der Waals surface area (Å²) in [5.41, 5.74) is 0.567. The molecule has 0 fully saturated rings. The Kier molecular flexibility index (Phi) is 4.43. The molecule has 0 aliphatic heterocycles. The number of carbonyl (C=O) groups is 1. The molecule has 1 amide bonds. The van der Waals surface area contributed by atoms with Crippen LogP contribution in [0.2, 0.25) is 0 Å². The average molecular weight is 308 g/mol. The van der Waals surface area contributed by atoms with Crippen molar-refractivity contribution in [1.82, 2.24) is 10.2 Å². The molecule has 8 nitrogen and oxygen atoms in total. The molecule has 0 spiro atoms. The van der Waals surface area contributed by atoms with Crippen LogP contribution >= 0.6 is 11.3 Å². The maximum absolute atomic E-state index is 11.7. The lowest BCUT2D eigenvalue weighted by atomic mass is 10.2. The van der Waals surface area contributed by atoms with Gasteiger partial charge in [0.05, 0.1) is 4.92 Å². The minimum Gasteiger partial charge on any atom is -0.483 e. The quantitative estimate of drug-likeness (QED) is 0.669. The molecule has 1 aromatic carbocycles. The summed E-state index contributed by atoms with van der Waals surface area (Å²) in [7, 11) is 0. The molecule has 0 unspecified atom stereocenters.